The molecule has 0 unspecified atom stereocenters. The lowest BCUT2D eigenvalue weighted by Gasteiger charge is -2.33. The zero-order chi connectivity index (χ0) is 19.7. The van der Waals surface area contributed by atoms with Crippen LogP contribution in [0.1, 0.15) is 45.6 Å². The zero-order valence-electron chi connectivity index (χ0n) is 16.1. The highest BCUT2D eigenvalue weighted by atomic mass is 16.5. The van der Waals surface area contributed by atoms with Gasteiger partial charge in [-0.2, -0.15) is 0 Å². The van der Waals surface area contributed by atoms with Gasteiger partial charge in [-0.05, 0) is 23.4 Å². The maximum absolute atomic E-state index is 12.8. The predicted molar refractivity (Wildman–Crippen MR) is 102 cm³/mol. The number of hydrogen-bond donors (Lipinski definition) is 2. The Labute approximate surface area is 156 Å². The van der Waals surface area contributed by atoms with E-state index in [-0.39, 0.29) is 24.2 Å². The molecule has 1 aromatic rings. The molecule has 1 atom stereocenters. The number of ether oxygens (including phenoxy) is 1. The Bertz CT molecular complexity index is 574. The summed E-state index contributed by atoms with van der Waals surface area (Å²) in [5.41, 5.74) is 1.21. The summed E-state index contributed by atoms with van der Waals surface area (Å²) in [6, 6.07) is 6.15. The highest BCUT2D eigenvalue weighted by Crippen LogP contribution is 2.18. The number of amides is 1. The number of unbranched alkanes of at least 4 members (excludes halogenated alkanes) is 1. The van der Waals surface area contributed by atoms with E-state index in [1.165, 1.54) is 7.11 Å². The van der Waals surface area contributed by atoms with Gasteiger partial charge in [0.2, 0.25) is 5.91 Å². The topological polar surface area (TPSA) is 87.1 Å². The molecule has 7 heteroatoms. The van der Waals surface area contributed by atoms with E-state index in [4.69, 9.17) is 4.74 Å². The molecule has 0 saturated carbocycles. The van der Waals surface area contributed by atoms with Crippen molar-refractivity contribution in [2.75, 3.05) is 13.7 Å². The minimum absolute atomic E-state index is 0.0317. The van der Waals surface area contributed by atoms with E-state index < -0.39 is 13.2 Å². The highest BCUT2D eigenvalue weighted by Gasteiger charge is 2.31. The van der Waals surface area contributed by atoms with Crippen molar-refractivity contribution < 1.29 is 24.4 Å². The van der Waals surface area contributed by atoms with Crippen LogP contribution < -0.4 is 5.46 Å². The average Bonchev–Trinajstić information content (AvgIpc) is 2.59. The molecule has 0 aliphatic heterocycles. The molecule has 1 amide bonds. The van der Waals surface area contributed by atoms with Gasteiger partial charge in [-0.3, -0.25) is 9.59 Å². The van der Waals surface area contributed by atoms with Gasteiger partial charge in [-0.25, -0.2) is 0 Å². The lowest BCUT2D eigenvalue weighted by Crippen LogP contribution is -2.48. The molecule has 0 radical (unpaired) electrons. The number of Topliss-reactive ketones (excluding diaryl/α,β-unsaturated/α-hetero) is 1. The molecule has 6 nitrogen and oxygen atoms in total. The second-order valence-electron chi connectivity index (χ2n) is 6.83. The van der Waals surface area contributed by atoms with Gasteiger partial charge in [-0.1, -0.05) is 51.5 Å². The van der Waals surface area contributed by atoms with Crippen LogP contribution in [0.3, 0.4) is 0 Å². The molecular weight excluding hydrogens is 333 g/mol. The lowest BCUT2D eigenvalue weighted by molar-refractivity contribution is -0.143. The van der Waals surface area contributed by atoms with E-state index >= 15 is 0 Å². The molecule has 0 aromatic heterocycles. The second-order valence-corrected chi connectivity index (χ2v) is 6.83. The first-order valence-corrected chi connectivity index (χ1v) is 9.07. The van der Waals surface area contributed by atoms with Crippen LogP contribution in [0.15, 0.2) is 24.3 Å². The molecule has 0 aliphatic rings. The summed E-state index contributed by atoms with van der Waals surface area (Å²) in [6.07, 6.45) is 2.07. The second kappa shape index (κ2) is 11.1. The maximum atomic E-state index is 12.8. The summed E-state index contributed by atoms with van der Waals surface area (Å²) in [5, 5.41) is 18.4. The lowest BCUT2D eigenvalue weighted by atomic mass is 9.80. The summed E-state index contributed by atoms with van der Waals surface area (Å²) in [5.74, 6) is -0.210. The molecule has 1 aromatic carbocycles. The van der Waals surface area contributed by atoms with Crippen molar-refractivity contribution in [1.29, 1.82) is 0 Å². The molecule has 0 bridgehead atoms. The summed E-state index contributed by atoms with van der Waals surface area (Å²) in [7, 11) is -0.0599. The molecule has 26 heavy (non-hydrogen) atoms. The van der Waals surface area contributed by atoms with E-state index in [0.29, 0.717) is 18.4 Å². The minimum Gasteiger partial charge on any atom is -0.423 e. The Kier molecular flexibility index (Phi) is 9.55. The molecule has 0 spiro atoms. The fourth-order valence-corrected chi connectivity index (χ4v) is 2.94. The third kappa shape index (κ3) is 6.55. The first kappa shape index (κ1) is 22.3. The van der Waals surface area contributed by atoms with Crippen molar-refractivity contribution in [3.05, 3.63) is 29.8 Å². The van der Waals surface area contributed by atoms with E-state index in [0.717, 1.165) is 18.4 Å². The summed E-state index contributed by atoms with van der Waals surface area (Å²) in [6.45, 7) is 6.12. The third-order valence-corrected chi connectivity index (χ3v) is 4.28. The predicted octanol–water partition coefficient (Wildman–Crippen LogP) is 1.13. The van der Waals surface area contributed by atoms with Crippen LogP contribution in [0, 0.1) is 5.92 Å². The Balaban J connectivity index is 3.09. The molecule has 0 fully saturated rings. The standard InChI is InChI=1S/C19H30BNO5/c1-5-6-7-18(23)21(19(14(2)3)17(22)13-26-4)12-15-8-10-16(11-9-15)20(24)25/h8-11,14,19,24-25H,5-7,12-13H2,1-4H3/t19-/m0/s1. The van der Waals surface area contributed by atoms with Crippen LogP contribution >= 0.6 is 0 Å². The number of benzene rings is 1. The summed E-state index contributed by atoms with van der Waals surface area (Å²) < 4.78 is 5.00. The fraction of sp³-hybridized carbons (Fsp3) is 0.579. The Hall–Kier alpha value is -1.70. The van der Waals surface area contributed by atoms with Gasteiger partial charge < -0.3 is 19.7 Å². The van der Waals surface area contributed by atoms with Crippen LogP contribution in [0.2, 0.25) is 0 Å². The molecule has 0 aliphatic carbocycles. The fourth-order valence-electron chi connectivity index (χ4n) is 2.94. The van der Waals surface area contributed by atoms with E-state index in [2.05, 4.69) is 0 Å². The first-order valence-electron chi connectivity index (χ1n) is 9.07. The van der Waals surface area contributed by atoms with Gasteiger partial charge in [0, 0.05) is 20.1 Å². The molecular formula is C19H30BNO5. The van der Waals surface area contributed by atoms with E-state index in [9.17, 15) is 19.6 Å². The van der Waals surface area contributed by atoms with Crippen LogP contribution in [0.25, 0.3) is 0 Å². The molecule has 0 heterocycles. The van der Waals surface area contributed by atoms with Crippen LogP contribution in [0.4, 0.5) is 0 Å². The number of carbonyl (C=O) groups is 2. The normalized spacial score (nSPS) is 12.1. The number of methoxy groups -OCH3 is 1. The Morgan fingerprint density at radius 2 is 1.81 bits per heavy atom. The zero-order valence-corrected chi connectivity index (χ0v) is 16.1. The van der Waals surface area contributed by atoms with Gasteiger partial charge in [0.15, 0.2) is 5.78 Å². The number of carbonyl (C=O) groups excluding carboxylic acids is 2. The summed E-state index contributed by atoms with van der Waals surface area (Å²) >= 11 is 0. The van der Waals surface area contributed by atoms with Crippen molar-refractivity contribution in [3.8, 4) is 0 Å². The molecule has 2 N–H and O–H groups in total. The van der Waals surface area contributed by atoms with Crippen LogP contribution in [0.5, 0.6) is 0 Å². The Morgan fingerprint density at radius 3 is 2.27 bits per heavy atom. The quantitative estimate of drug-likeness (QED) is 0.576. The third-order valence-electron chi connectivity index (χ3n) is 4.28. The van der Waals surface area contributed by atoms with Gasteiger partial charge in [-0.15, -0.1) is 0 Å². The average molecular weight is 363 g/mol. The van der Waals surface area contributed by atoms with Gasteiger partial charge in [0.25, 0.3) is 0 Å². The summed E-state index contributed by atoms with van der Waals surface area (Å²) in [4.78, 5) is 27.0. The molecule has 1 rings (SSSR count). The van der Waals surface area contributed by atoms with Crippen molar-refractivity contribution >= 4 is 24.3 Å². The van der Waals surface area contributed by atoms with Crippen molar-refractivity contribution in [1.82, 2.24) is 4.90 Å². The van der Waals surface area contributed by atoms with Crippen molar-refractivity contribution in [3.63, 3.8) is 0 Å². The maximum Gasteiger partial charge on any atom is 0.488 e. The first-order chi connectivity index (χ1) is 12.3. The SMILES string of the molecule is CCCCC(=O)N(Cc1ccc(B(O)O)cc1)[C@H](C(=O)COC)C(C)C. The highest BCUT2D eigenvalue weighted by molar-refractivity contribution is 6.58. The van der Waals surface area contributed by atoms with Gasteiger partial charge >= 0.3 is 7.12 Å². The number of nitrogens with zero attached hydrogens (tertiary/aromatic N) is 1. The van der Waals surface area contributed by atoms with Crippen molar-refractivity contribution in [2.45, 2.75) is 52.6 Å². The van der Waals surface area contributed by atoms with E-state index in [1.54, 1.807) is 29.2 Å². The monoisotopic (exact) mass is 363 g/mol. The number of ketones is 1. The molecule has 0 saturated heterocycles. The minimum atomic E-state index is -1.53. The van der Waals surface area contributed by atoms with Gasteiger partial charge in [0.05, 0.1) is 6.04 Å². The number of rotatable bonds is 11. The smallest absolute Gasteiger partial charge is 0.423 e. The van der Waals surface area contributed by atoms with Crippen LogP contribution in [-0.2, 0) is 20.9 Å². The molecule has 144 valence electrons. The van der Waals surface area contributed by atoms with E-state index in [1.807, 2.05) is 20.8 Å². The van der Waals surface area contributed by atoms with Gasteiger partial charge in [0.1, 0.15) is 6.61 Å². The largest absolute Gasteiger partial charge is 0.488 e. The number of hydrogen-bond acceptors (Lipinski definition) is 5. The van der Waals surface area contributed by atoms with Crippen molar-refractivity contribution in [2.24, 2.45) is 5.92 Å². The Morgan fingerprint density at radius 1 is 1.19 bits per heavy atom. The van der Waals surface area contributed by atoms with Crippen LogP contribution in [-0.4, -0.2) is 53.5 Å².